The van der Waals surface area contributed by atoms with E-state index in [4.69, 9.17) is 0 Å². The normalized spacial score (nSPS) is 11.6. The van der Waals surface area contributed by atoms with Gasteiger partial charge in [0.15, 0.2) is 0 Å². The molecule has 0 aliphatic carbocycles. The number of nitrogens with zero attached hydrogens (tertiary/aromatic N) is 1. The molecule has 0 aliphatic rings. The number of aliphatic hydroxyl groups is 1. The molecule has 0 aliphatic heterocycles. The molecule has 2 aromatic rings. The minimum Gasteiger partial charge on any atom is -0.388 e. The maximum absolute atomic E-state index is 11.9. The Hall–Kier alpha value is -1.66. The predicted molar refractivity (Wildman–Crippen MR) is 94.6 cm³/mol. The summed E-state index contributed by atoms with van der Waals surface area (Å²) in [6.45, 7) is 4.74. The van der Waals surface area contributed by atoms with Gasteiger partial charge in [0, 0.05) is 6.54 Å². The minimum absolute atomic E-state index is 0.269. The van der Waals surface area contributed by atoms with E-state index in [0.29, 0.717) is 19.4 Å². The summed E-state index contributed by atoms with van der Waals surface area (Å²) < 4.78 is 1.12. The van der Waals surface area contributed by atoms with Crippen LogP contribution in [0.3, 0.4) is 0 Å². The minimum atomic E-state index is -0.809. The van der Waals surface area contributed by atoms with Crippen LogP contribution in [-0.2, 0) is 6.54 Å². The van der Waals surface area contributed by atoms with E-state index in [0.717, 1.165) is 28.1 Å². The number of thiazole rings is 1. The first-order valence-electron chi connectivity index (χ1n) is 8.15. The van der Waals surface area contributed by atoms with Gasteiger partial charge in [-0.2, -0.15) is 0 Å². The van der Waals surface area contributed by atoms with Gasteiger partial charge in [-0.1, -0.05) is 38.8 Å². The van der Waals surface area contributed by atoms with Gasteiger partial charge in [-0.3, -0.25) is 0 Å². The van der Waals surface area contributed by atoms with Crippen LogP contribution in [0.2, 0.25) is 0 Å². The Bertz CT molecular complexity index is 603. The lowest BCUT2D eigenvalue weighted by molar-refractivity contribution is 0.0241. The molecule has 0 saturated heterocycles. The van der Waals surface area contributed by atoms with Gasteiger partial charge in [-0.15, -0.1) is 11.3 Å². The summed E-state index contributed by atoms with van der Waals surface area (Å²) >= 11 is 1.58. The predicted octanol–water partition coefficient (Wildman–Crippen LogP) is 3.43. The molecule has 126 valence electrons. The van der Waals surface area contributed by atoms with Crippen molar-refractivity contribution in [1.82, 2.24) is 15.6 Å². The van der Waals surface area contributed by atoms with Gasteiger partial charge in [0.2, 0.25) is 0 Å². The van der Waals surface area contributed by atoms with E-state index >= 15 is 0 Å². The van der Waals surface area contributed by atoms with Crippen LogP contribution in [0.1, 0.15) is 44.5 Å². The zero-order valence-electron chi connectivity index (χ0n) is 13.8. The molecule has 0 spiro atoms. The van der Waals surface area contributed by atoms with Gasteiger partial charge in [0.25, 0.3) is 0 Å². The summed E-state index contributed by atoms with van der Waals surface area (Å²) in [6, 6.07) is 7.65. The summed E-state index contributed by atoms with van der Waals surface area (Å²) in [5.41, 5.74) is 0.145. The van der Waals surface area contributed by atoms with Gasteiger partial charge in [-0.05, 0) is 25.0 Å². The average molecular weight is 335 g/mol. The number of nitrogens with one attached hydrogen (secondary N) is 2. The molecule has 5 nitrogen and oxygen atoms in total. The molecule has 3 N–H and O–H groups in total. The lowest BCUT2D eigenvalue weighted by Gasteiger charge is -2.27. The second kappa shape index (κ2) is 8.26. The number of fused-ring (bicyclic) bond motifs is 1. The number of benzene rings is 1. The van der Waals surface area contributed by atoms with Crippen molar-refractivity contribution in [1.29, 1.82) is 0 Å². The summed E-state index contributed by atoms with van der Waals surface area (Å²) in [6.07, 6.45) is 3.18. The highest BCUT2D eigenvalue weighted by molar-refractivity contribution is 7.18. The highest BCUT2D eigenvalue weighted by Gasteiger charge is 2.25. The third-order valence-electron chi connectivity index (χ3n) is 3.75. The first-order valence-corrected chi connectivity index (χ1v) is 8.96. The van der Waals surface area contributed by atoms with E-state index in [1.165, 1.54) is 0 Å². The highest BCUT2D eigenvalue weighted by Crippen LogP contribution is 2.21. The van der Waals surface area contributed by atoms with Crippen LogP contribution < -0.4 is 10.6 Å². The van der Waals surface area contributed by atoms with E-state index in [9.17, 15) is 9.90 Å². The molecule has 2 amide bonds. The molecule has 0 fully saturated rings. The van der Waals surface area contributed by atoms with Crippen molar-refractivity contribution >= 4 is 27.6 Å². The fourth-order valence-corrected chi connectivity index (χ4v) is 3.60. The van der Waals surface area contributed by atoms with Crippen molar-refractivity contribution in [2.24, 2.45) is 0 Å². The fraction of sp³-hybridized carbons (Fsp3) is 0.529. The summed E-state index contributed by atoms with van der Waals surface area (Å²) in [5.74, 6) is 0. The fourth-order valence-electron chi connectivity index (χ4n) is 2.69. The van der Waals surface area contributed by atoms with Crippen molar-refractivity contribution in [2.45, 2.75) is 51.7 Å². The molecule has 6 heteroatoms. The zero-order valence-corrected chi connectivity index (χ0v) is 14.6. The van der Waals surface area contributed by atoms with E-state index in [1.807, 2.05) is 38.1 Å². The summed E-state index contributed by atoms with van der Waals surface area (Å²) in [4.78, 5) is 16.4. The van der Waals surface area contributed by atoms with E-state index in [1.54, 1.807) is 11.3 Å². The summed E-state index contributed by atoms with van der Waals surface area (Å²) in [7, 11) is 0. The van der Waals surface area contributed by atoms with E-state index in [2.05, 4.69) is 15.6 Å². The number of aromatic nitrogens is 1. The van der Waals surface area contributed by atoms with Crippen molar-refractivity contribution in [3.8, 4) is 0 Å². The Morgan fingerprint density at radius 3 is 2.57 bits per heavy atom. The maximum Gasteiger partial charge on any atom is 0.315 e. The van der Waals surface area contributed by atoms with Crippen LogP contribution >= 0.6 is 11.3 Å². The molecule has 0 radical (unpaired) electrons. The van der Waals surface area contributed by atoms with Crippen LogP contribution in [0.4, 0.5) is 4.79 Å². The van der Waals surface area contributed by atoms with Crippen LogP contribution in [-0.4, -0.2) is 28.3 Å². The number of carbonyl (C=O) groups is 1. The van der Waals surface area contributed by atoms with Gasteiger partial charge in [0.05, 0.1) is 22.4 Å². The first kappa shape index (κ1) is 17.7. The average Bonchev–Trinajstić information content (AvgIpc) is 2.94. The Balaban J connectivity index is 1.82. The van der Waals surface area contributed by atoms with Crippen molar-refractivity contribution < 1.29 is 9.90 Å². The quantitative estimate of drug-likeness (QED) is 0.692. The molecule has 0 unspecified atom stereocenters. The number of hydrogen-bond donors (Lipinski definition) is 3. The van der Waals surface area contributed by atoms with Crippen LogP contribution in [0.25, 0.3) is 10.2 Å². The monoisotopic (exact) mass is 335 g/mol. The molecule has 1 heterocycles. The Morgan fingerprint density at radius 2 is 1.91 bits per heavy atom. The lowest BCUT2D eigenvalue weighted by Crippen LogP contribution is -2.46. The van der Waals surface area contributed by atoms with Gasteiger partial charge in [0.1, 0.15) is 5.01 Å². The molecule has 2 rings (SSSR count). The molecular weight excluding hydrogens is 310 g/mol. The summed E-state index contributed by atoms with van der Waals surface area (Å²) in [5, 5.41) is 16.9. The molecule has 0 saturated carbocycles. The zero-order chi connectivity index (χ0) is 16.7. The van der Waals surface area contributed by atoms with Crippen LogP contribution in [0.5, 0.6) is 0 Å². The third-order valence-corrected chi connectivity index (χ3v) is 4.78. The Labute approximate surface area is 141 Å². The van der Waals surface area contributed by atoms with Crippen LogP contribution in [0.15, 0.2) is 24.3 Å². The van der Waals surface area contributed by atoms with Crippen molar-refractivity contribution in [3.05, 3.63) is 29.3 Å². The number of hydrogen-bond acceptors (Lipinski definition) is 4. The SMILES string of the molecule is CCCC(O)(CCC)CNC(=O)NCc1nc2ccccc2s1. The van der Waals surface area contributed by atoms with Crippen molar-refractivity contribution in [3.63, 3.8) is 0 Å². The molecule has 0 atom stereocenters. The second-order valence-electron chi connectivity index (χ2n) is 5.84. The topological polar surface area (TPSA) is 74.2 Å². The van der Waals surface area contributed by atoms with E-state index in [-0.39, 0.29) is 12.6 Å². The maximum atomic E-state index is 11.9. The smallest absolute Gasteiger partial charge is 0.315 e. The standard InChI is InChI=1S/C17H25N3O2S/c1-3-9-17(22,10-4-2)12-19-16(21)18-11-15-20-13-7-5-6-8-14(13)23-15/h5-8,22H,3-4,9-12H2,1-2H3,(H2,18,19,21). The number of para-hydroxylation sites is 1. The van der Waals surface area contributed by atoms with Gasteiger partial charge >= 0.3 is 6.03 Å². The first-order chi connectivity index (χ1) is 11.1. The van der Waals surface area contributed by atoms with E-state index < -0.39 is 5.60 Å². The lowest BCUT2D eigenvalue weighted by atomic mass is 9.93. The molecule has 1 aromatic carbocycles. The second-order valence-corrected chi connectivity index (χ2v) is 6.95. The molecule has 1 aromatic heterocycles. The molecule has 23 heavy (non-hydrogen) atoms. The van der Waals surface area contributed by atoms with Crippen molar-refractivity contribution in [2.75, 3.05) is 6.54 Å². The largest absolute Gasteiger partial charge is 0.388 e. The number of rotatable bonds is 8. The number of amides is 2. The Morgan fingerprint density at radius 1 is 1.22 bits per heavy atom. The Kier molecular flexibility index (Phi) is 6.36. The molecular formula is C17H25N3O2S. The number of urea groups is 1. The van der Waals surface area contributed by atoms with Crippen LogP contribution in [0, 0.1) is 0 Å². The third kappa shape index (κ3) is 5.18. The molecule has 0 bridgehead atoms. The highest BCUT2D eigenvalue weighted by atomic mass is 32.1. The number of carbonyl (C=O) groups excluding carboxylic acids is 1. The van der Waals surface area contributed by atoms with Gasteiger partial charge < -0.3 is 15.7 Å². The van der Waals surface area contributed by atoms with Gasteiger partial charge in [-0.25, -0.2) is 9.78 Å².